The van der Waals surface area contributed by atoms with E-state index >= 15 is 0 Å². The highest BCUT2D eigenvalue weighted by molar-refractivity contribution is 7.92. The number of rotatable bonds is 8. The van der Waals surface area contributed by atoms with Gasteiger partial charge in [0.1, 0.15) is 12.3 Å². The second-order valence-electron chi connectivity index (χ2n) is 6.89. The Morgan fingerprint density at radius 1 is 1.00 bits per heavy atom. The van der Waals surface area contributed by atoms with Gasteiger partial charge in [-0.05, 0) is 42.5 Å². The zero-order valence-electron chi connectivity index (χ0n) is 17.8. The van der Waals surface area contributed by atoms with Gasteiger partial charge in [0.2, 0.25) is 15.9 Å². The molecule has 0 unspecified atom stereocenters. The van der Waals surface area contributed by atoms with Crippen LogP contribution >= 0.6 is 11.6 Å². The quantitative estimate of drug-likeness (QED) is 0.474. The standard InChI is InChI=1S/C23H21ClN2O6S/c1-31-23(28)16-12-13-18(24)19(14-16)25-22(27)15-26(33(2,29)30)20-10-6-7-11-21(20)32-17-8-4-3-5-9-17/h3-14H,15H2,1-2H3,(H,25,27). The van der Waals surface area contributed by atoms with Gasteiger partial charge in [0.05, 0.1) is 35.3 Å². The van der Waals surface area contributed by atoms with Crippen LogP contribution in [0.3, 0.4) is 0 Å². The predicted molar refractivity (Wildman–Crippen MR) is 127 cm³/mol. The van der Waals surface area contributed by atoms with Crippen LogP contribution in [0, 0.1) is 0 Å². The number of hydrogen-bond donors (Lipinski definition) is 1. The van der Waals surface area contributed by atoms with Crippen LogP contribution in [0.1, 0.15) is 10.4 Å². The maximum absolute atomic E-state index is 12.8. The molecule has 172 valence electrons. The molecule has 0 saturated carbocycles. The van der Waals surface area contributed by atoms with Crippen LogP contribution in [0.25, 0.3) is 0 Å². The Morgan fingerprint density at radius 2 is 1.67 bits per heavy atom. The molecule has 33 heavy (non-hydrogen) atoms. The second kappa shape index (κ2) is 10.4. The van der Waals surface area contributed by atoms with Crippen molar-refractivity contribution in [2.75, 3.05) is 29.5 Å². The summed E-state index contributed by atoms with van der Waals surface area (Å²) in [7, 11) is -2.64. The van der Waals surface area contributed by atoms with E-state index in [1.54, 1.807) is 42.5 Å². The molecule has 0 spiro atoms. The van der Waals surface area contributed by atoms with Crippen LogP contribution in [0.4, 0.5) is 11.4 Å². The summed E-state index contributed by atoms with van der Waals surface area (Å²) in [5, 5.41) is 2.72. The molecule has 3 aromatic rings. The van der Waals surface area contributed by atoms with Gasteiger partial charge < -0.3 is 14.8 Å². The number of halogens is 1. The number of amides is 1. The van der Waals surface area contributed by atoms with Crippen LogP contribution in [-0.4, -0.2) is 40.2 Å². The third-order valence-corrected chi connectivity index (χ3v) is 5.91. The summed E-state index contributed by atoms with van der Waals surface area (Å²) in [6.07, 6.45) is 0.991. The monoisotopic (exact) mass is 488 g/mol. The molecule has 0 aliphatic carbocycles. The first kappa shape index (κ1) is 24.1. The molecular formula is C23H21ClN2O6S. The van der Waals surface area contributed by atoms with E-state index in [9.17, 15) is 18.0 Å². The Bertz CT molecular complexity index is 1260. The average molecular weight is 489 g/mol. The number of nitrogens with zero attached hydrogens (tertiary/aromatic N) is 1. The van der Waals surface area contributed by atoms with Gasteiger partial charge in [0.15, 0.2) is 5.75 Å². The number of sulfonamides is 1. The third kappa shape index (κ3) is 6.24. The van der Waals surface area contributed by atoms with Crippen LogP contribution in [-0.2, 0) is 19.6 Å². The highest BCUT2D eigenvalue weighted by atomic mass is 35.5. The molecule has 3 aromatic carbocycles. The normalized spacial score (nSPS) is 10.9. The summed E-state index contributed by atoms with van der Waals surface area (Å²) in [4.78, 5) is 24.5. The number of carbonyl (C=O) groups is 2. The van der Waals surface area contributed by atoms with Crippen LogP contribution in [0.15, 0.2) is 72.8 Å². The van der Waals surface area contributed by atoms with E-state index in [0.29, 0.717) is 5.75 Å². The highest BCUT2D eigenvalue weighted by Gasteiger charge is 2.25. The molecule has 0 saturated heterocycles. The Labute approximate surface area is 196 Å². The maximum atomic E-state index is 12.8. The number of anilines is 2. The molecule has 3 rings (SSSR count). The van der Waals surface area contributed by atoms with E-state index in [1.807, 2.05) is 6.07 Å². The minimum atomic E-state index is -3.87. The summed E-state index contributed by atoms with van der Waals surface area (Å²) in [6, 6.07) is 19.6. The molecule has 0 bridgehead atoms. The van der Waals surface area contributed by atoms with Crippen molar-refractivity contribution in [2.24, 2.45) is 0 Å². The Balaban J connectivity index is 1.88. The van der Waals surface area contributed by atoms with Gasteiger partial charge in [-0.25, -0.2) is 13.2 Å². The highest BCUT2D eigenvalue weighted by Crippen LogP contribution is 2.33. The average Bonchev–Trinajstić information content (AvgIpc) is 2.79. The van der Waals surface area contributed by atoms with Gasteiger partial charge in [-0.2, -0.15) is 0 Å². The molecule has 0 fully saturated rings. The van der Waals surface area contributed by atoms with Gasteiger partial charge in [-0.1, -0.05) is 41.9 Å². The van der Waals surface area contributed by atoms with Crippen LogP contribution in [0.5, 0.6) is 11.5 Å². The van der Waals surface area contributed by atoms with Crippen molar-refractivity contribution in [3.05, 3.63) is 83.4 Å². The molecule has 0 aromatic heterocycles. The Hall–Kier alpha value is -3.56. The number of carbonyl (C=O) groups excluding carboxylic acids is 2. The second-order valence-corrected chi connectivity index (χ2v) is 9.20. The minimum absolute atomic E-state index is 0.145. The Kier molecular flexibility index (Phi) is 7.57. The van der Waals surface area contributed by atoms with Crippen molar-refractivity contribution in [1.29, 1.82) is 0 Å². The number of nitrogens with one attached hydrogen (secondary N) is 1. The molecule has 1 N–H and O–H groups in total. The Morgan fingerprint density at radius 3 is 2.33 bits per heavy atom. The first-order valence-electron chi connectivity index (χ1n) is 9.66. The van der Waals surface area contributed by atoms with Gasteiger partial charge in [0.25, 0.3) is 0 Å². The molecule has 0 aliphatic rings. The van der Waals surface area contributed by atoms with Crippen molar-refractivity contribution in [1.82, 2.24) is 0 Å². The van der Waals surface area contributed by atoms with E-state index in [0.717, 1.165) is 10.6 Å². The van der Waals surface area contributed by atoms with Crippen molar-refractivity contribution in [2.45, 2.75) is 0 Å². The summed E-state index contributed by atoms with van der Waals surface area (Å²) >= 11 is 6.13. The summed E-state index contributed by atoms with van der Waals surface area (Å²) in [5.74, 6) is -0.507. The van der Waals surface area contributed by atoms with Gasteiger partial charge in [-0.3, -0.25) is 9.10 Å². The van der Waals surface area contributed by atoms with Gasteiger partial charge in [-0.15, -0.1) is 0 Å². The summed E-state index contributed by atoms with van der Waals surface area (Å²) in [6.45, 7) is -0.549. The number of methoxy groups -OCH3 is 1. The molecular weight excluding hydrogens is 468 g/mol. The number of ether oxygens (including phenoxy) is 2. The van der Waals surface area contributed by atoms with Crippen molar-refractivity contribution < 1.29 is 27.5 Å². The molecule has 0 aliphatic heterocycles. The molecule has 10 heteroatoms. The summed E-state index contributed by atoms with van der Waals surface area (Å²) in [5.41, 5.74) is 0.513. The molecule has 0 radical (unpaired) electrons. The number of para-hydroxylation sites is 3. The van der Waals surface area contributed by atoms with E-state index in [1.165, 1.54) is 31.4 Å². The number of esters is 1. The molecule has 8 nitrogen and oxygen atoms in total. The van der Waals surface area contributed by atoms with Crippen LogP contribution in [0.2, 0.25) is 5.02 Å². The van der Waals surface area contributed by atoms with E-state index < -0.39 is 28.4 Å². The smallest absolute Gasteiger partial charge is 0.337 e. The molecule has 1 amide bonds. The number of benzene rings is 3. The fraction of sp³-hybridized carbons (Fsp3) is 0.130. The fourth-order valence-electron chi connectivity index (χ4n) is 2.93. The minimum Gasteiger partial charge on any atom is -0.465 e. The topological polar surface area (TPSA) is 102 Å². The third-order valence-electron chi connectivity index (χ3n) is 4.45. The SMILES string of the molecule is COC(=O)c1ccc(Cl)c(NC(=O)CN(c2ccccc2Oc2ccccc2)S(C)(=O)=O)c1. The van der Waals surface area contributed by atoms with E-state index in [4.69, 9.17) is 16.3 Å². The lowest BCUT2D eigenvalue weighted by atomic mass is 10.2. The van der Waals surface area contributed by atoms with Gasteiger partial charge in [0, 0.05) is 0 Å². The van der Waals surface area contributed by atoms with E-state index in [-0.39, 0.29) is 27.7 Å². The van der Waals surface area contributed by atoms with Crippen molar-refractivity contribution in [3.63, 3.8) is 0 Å². The fourth-order valence-corrected chi connectivity index (χ4v) is 3.96. The first-order valence-corrected chi connectivity index (χ1v) is 11.9. The predicted octanol–water partition coefficient (Wildman–Crippen LogP) is 4.32. The largest absolute Gasteiger partial charge is 0.465 e. The van der Waals surface area contributed by atoms with E-state index in [2.05, 4.69) is 10.1 Å². The maximum Gasteiger partial charge on any atom is 0.337 e. The summed E-state index contributed by atoms with van der Waals surface area (Å²) < 4.78 is 36.6. The van der Waals surface area contributed by atoms with Gasteiger partial charge >= 0.3 is 5.97 Å². The lowest BCUT2D eigenvalue weighted by molar-refractivity contribution is -0.114. The number of hydrogen-bond acceptors (Lipinski definition) is 6. The lowest BCUT2D eigenvalue weighted by Crippen LogP contribution is -2.37. The lowest BCUT2D eigenvalue weighted by Gasteiger charge is -2.24. The van der Waals surface area contributed by atoms with Crippen molar-refractivity contribution in [3.8, 4) is 11.5 Å². The molecule has 0 heterocycles. The first-order chi connectivity index (χ1) is 15.7. The van der Waals surface area contributed by atoms with Crippen molar-refractivity contribution >= 4 is 44.9 Å². The zero-order chi connectivity index (χ0) is 24.0. The van der Waals surface area contributed by atoms with Crippen LogP contribution < -0.4 is 14.4 Å². The molecule has 0 atom stereocenters. The zero-order valence-corrected chi connectivity index (χ0v) is 19.4.